The first kappa shape index (κ1) is 18.3. The average molecular weight is 308 g/mol. The van der Waals surface area contributed by atoms with E-state index in [1.165, 1.54) is 6.92 Å². The Labute approximate surface area is 109 Å². The second-order valence-electron chi connectivity index (χ2n) is 3.34. The van der Waals surface area contributed by atoms with E-state index in [9.17, 15) is 35.9 Å². The normalized spacial score (nSPS) is 13.1. The van der Waals surface area contributed by atoms with Gasteiger partial charge in [-0.05, 0) is 6.92 Å². The zero-order chi connectivity index (χ0) is 16.0. The number of hydrogen-bond acceptors (Lipinski definition) is 4. The van der Waals surface area contributed by atoms with E-state index in [1.54, 1.807) is 0 Å². The maximum atomic E-state index is 12.4. The predicted molar refractivity (Wildman–Crippen MR) is 52.4 cm³/mol. The van der Waals surface area contributed by atoms with Gasteiger partial charge >= 0.3 is 24.3 Å². The number of allylic oxidation sites excluding steroid dienone is 1. The summed E-state index contributed by atoms with van der Waals surface area (Å²) in [5.74, 6) is -3.24. The standard InChI is InChI=1S/C10H10F6O4/c1-2-19-7(17)8(18)20-5-6(10(14,15)16)3-4-9(11,12)13/h3H,2,4-5H2,1H3. The molecule has 4 nitrogen and oxygen atoms in total. The maximum Gasteiger partial charge on any atom is 0.417 e. The summed E-state index contributed by atoms with van der Waals surface area (Å²) in [6, 6.07) is 0. The van der Waals surface area contributed by atoms with Gasteiger partial charge in [0.05, 0.1) is 18.6 Å². The van der Waals surface area contributed by atoms with Crippen molar-refractivity contribution in [2.24, 2.45) is 0 Å². The van der Waals surface area contributed by atoms with Crippen LogP contribution in [0, 0.1) is 0 Å². The summed E-state index contributed by atoms with van der Waals surface area (Å²) in [6.45, 7) is -0.364. The second kappa shape index (κ2) is 7.15. The Morgan fingerprint density at radius 1 is 1.00 bits per heavy atom. The van der Waals surface area contributed by atoms with E-state index in [1.807, 2.05) is 0 Å². The summed E-state index contributed by atoms with van der Waals surface area (Å²) in [4.78, 5) is 21.6. The number of carbonyl (C=O) groups is 2. The fourth-order valence-corrected chi connectivity index (χ4v) is 0.888. The number of carbonyl (C=O) groups excluding carboxylic acids is 2. The molecule has 0 aromatic rings. The van der Waals surface area contributed by atoms with Crippen molar-refractivity contribution in [2.75, 3.05) is 13.2 Å². The van der Waals surface area contributed by atoms with Crippen LogP contribution in [-0.2, 0) is 19.1 Å². The summed E-state index contributed by atoms with van der Waals surface area (Å²) in [5.41, 5.74) is -1.72. The molecule has 0 rings (SSSR count). The van der Waals surface area contributed by atoms with Crippen molar-refractivity contribution in [3.8, 4) is 0 Å². The minimum Gasteiger partial charge on any atom is -0.458 e. The van der Waals surface area contributed by atoms with Gasteiger partial charge < -0.3 is 9.47 Å². The molecule has 0 aromatic carbocycles. The molecule has 0 aliphatic carbocycles. The van der Waals surface area contributed by atoms with E-state index in [0.717, 1.165) is 0 Å². The molecule has 0 aromatic heterocycles. The minimum absolute atomic E-state index is 0.154. The van der Waals surface area contributed by atoms with Crippen LogP contribution < -0.4 is 0 Å². The van der Waals surface area contributed by atoms with Crippen molar-refractivity contribution in [3.05, 3.63) is 11.6 Å². The SMILES string of the molecule is CCOC(=O)C(=O)OCC(=CCC(F)(F)F)C(F)(F)F. The van der Waals surface area contributed by atoms with Gasteiger partial charge in [-0.2, -0.15) is 26.3 Å². The molecule has 0 amide bonds. The number of hydrogen-bond donors (Lipinski definition) is 0. The smallest absolute Gasteiger partial charge is 0.417 e. The van der Waals surface area contributed by atoms with Crippen molar-refractivity contribution >= 4 is 11.9 Å². The van der Waals surface area contributed by atoms with Gasteiger partial charge in [0.2, 0.25) is 0 Å². The molecule has 0 saturated carbocycles. The highest BCUT2D eigenvalue weighted by Crippen LogP contribution is 2.29. The lowest BCUT2D eigenvalue weighted by atomic mass is 10.2. The molecule has 20 heavy (non-hydrogen) atoms. The molecule has 116 valence electrons. The summed E-state index contributed by atoms with van der Waals surface area (Å²) in [7, 11) is 0. The number of ether oxygens (including phenoxy) is 2. The lowest BCUT2D eigenvalue weighted by molar-refractivity contribution is -0.168. The molecule has 0 aliphatic heterocycles. The number of alkyl halides is 6. The van der Waals surface area contributed by atoms with Gasteiger partial charge in [-0.25, -0.2) is 9.59 Å². The zero-order valence-corrected chi connectivity index (χ0v) is 10.1. The van der Waals surface area contributed by atoms with Crippen LogP contribution in [0.15, 0.2) is 11.6 Å². The van der Waals surface area contributed by atoms with Crippen LogP contribution in [-0.4, -0.2) is 37.5 Å². The number of rotatable bonds is 4. The van der Waals surface area contributed by atoms with Gasteiger partial charge in [-0.15, -0.1) is 0 Å². The van der Waals surface area contributed by atoms with E-state index in [2.05, 4.69) is 9.47 Å². The molecule has 0 unspecified atom stereocenters. The van der Waals surface area contributed by atoms with E-state index in [0.29, 0.717) is 0 Å². The first-order chi connectivity index (χ1) is 8.97. The molecular formula is C10H10F6O4. The third-order valence-corrected chi connectivity index (χ3v) is 1.74. The first-order valence-corrected chi connectivity index (χ1v) is 5.14. The van der Waals surface area contributed by atoms with Crippen LogP contribution in [0.3, 0.4) is 0 Å². The van der Waals surface area contributed by atoms with Crippen LogP contribution in [0.2, 0.25) is 0 Å². The molecule has 0 fully saturated rings. The summed E-state index contributed by atoms with van der Waals surface area (Å²) in [5, 5.41) is 0. The molecule has 0 radical (unpaired) electrons. The second-order valence-corrected chi connectivity index (χ2v) is 3.34. The molecule has 10 heteroatoms. The van der Waals surface area contributed by atoms with Crippen LogP contribution >= 0.6 is 0 Å². The Hall–Kier alpha value is -1.74. The third kappa shape index (κ3) is 7.64. The van der Waals surface area contributed by atoms with Gasteiger partial charge in [0.15, 0.2) is 0 Å². The van der Waals surface area contributed by atoms with Gasteiger partial charge in [0.25, 0.3) is 0 Å². The summed E-state index contributed by atoms with van der Waals surface area (Å²) >= 11 is 0. The monoisotopic (exact) mass is 308 g/mol. The Balaban J connectivity index is 4.70. The fraction of sp³-hybridized carbons (Fsp3) is 0.600. The first-order valence-electron chi connectivity index (χ1n) is 5.14. The zero-order valence-electron chi connectivity index (χ0n) is 10.1. The van der Waals surface area contributed by atoms with Gasteiger partial charge in [0.1, 0.15) is 6.61 Å². The highest BCUT2D eigenvalue weighted by atomic mass is 19.4. The minimum atomic E-state index is -5.11. The van der Waals surface area contributed by atoms with E-state index < -0.39 is 42.9 Å². The Morgan fingerprint density at radius 2 is 1.50 bits per heavy atom. The molecule has 0 N–H and O–H groups in total. The van der Waals surface area contributed by atoms with E-state index in [-0.39, 0.29) is 12.7 Å². The van der Waals surface area contributed by atoms with Crippen LogP contribution in [0.1, 0.15) is 13.3 Å². The summed E-state index contributed by atoms with van der Waals surface area (Å²) in [6.07, 6.45) is -11.9. The van der Waals surface area contributed by atoms with Gasteiger partial charge in [-0.1, -0.05) is 6.08 Å². The molecule has 0 bridgehead atoms. The van der Waals surface area contributed by atoms with E-state index >= 15 is 0 Å². The molecule has 0 aliphatic rings. The number of esters is 2. The highest BCUT2D eigenvalue weighted by molar-refractivity contribution is 6.29. The van der Waals surface area contributed by atoms with Crippen molar-refractivity contribution in [1.82, 2.24) is 0 Å². The fourth-order valence-electron chi connectivity index (χ4n) is 0.888. The van der Waals surface area contributed by atoms with Crippen molar-refractivity contribution in [1.29, 1.82) is 0 Å². The topological polar surface area (TPSA) is 52.6 Å². The molecular weight excluding hydrogens is 298 g/mol. The summed E-state index contributed by atoms with van der Waals surface area (Å²) < 4.78 is 80.7. The maximum absolute atomic E-state index is 12.4. The van der Waals surface area contributed by atoms with Crippen molar-refractivity contribution in [2.45, 2.75) is 25.7 Å². The predicted octanol–water partition coefficient (Wildman–Crippen LogP) is 2.53. The van der Waals surface area contributed by atoms with Gasteiger partial charge in [0, 0.05) is 0 Å². The lowest BCUT2D eigenvalue weighted by Crippen LogP contribution is -2.25. The quantitative estimate of drug-likeness (QED) is 0.347. The molecule has 0 saturated heterocycles. The largest absolute Gasteiger partial charge is 0.458 e. The van der Waals surface area contributed by atoms with Crippen molar-refractivity contribution in [3.63, 3.8) is 0 Å². The van der Waals surface area contributed by atoms with Crippen LogP contribution in [0.25, 0.3) is 0 Å². The molecule has 0 heterocycles. The lowest BCUT2D eigenvalue weighted by Gasteiger charge is -2.12. The molecule has 0 atom stereocenters. The van der Waals surface area contributed by atoms with Crippen LogP contribution in [0.4, 0.5) is 26.3 Å². The van der Waals surface area contributed by atoms with Crippen molar-refractivity contribution < 1.29 is 45.4 Å². The highest BCUT2D eigenvalue weighted by Gasteiger charge is 2.36. The Kier molecular flexibility index (Phi) is 6.53. The van der Waals surface area contributed by atoms with E-state index in [4.69, 9.17) is 0 Å². The average Bonchev–Trinajstić information content (AvgIpc) is 2.25. The van der Waals surface area contributed by atoms with Gasteiger partial charge in [-0.3, -0.25) is 0 Å². The number of halogens is 6. The Morgan fingerprint density at radius 3 is 1.90 bits per heavy atom. The van der Waals surface area contributed by atoms with Crippen LogP contribution in [0.5, 0.6) is 0 Å². The molecule has 0 spiro atoms. The third-order valence-electron chi connectivity index (χ3n) is 1.74. The Bertz CT molecular complexity index is 382.